The molecule has 1 amide bonds. The molecule has 3 heterocycles. The summed E-state index contributed by atoms with van der Waals surface area (Å²) in [7, 11) is 0. The van der Waals surface area contributed by atoms with Crippen LogP contribution in [-0.4, -0.2) is 44.5 Å². The third-order valence-electron chi connectivity index (χ3n) is 4.03. The van der Waals surface area contributed by atoms with E-state index in [9.17, 15) is 4.79 Å². The summed E-state index contributed by atoms with van der Waals surface area (Å²) in [6.45, 7) is 7.13. The monoisotopic (exact) mass is 287 g/mol. The minimum Gasteiger partial charge on any atom is -0.337 e. The zero-order valence-electron chi connectivity index (χ0n) is 12.8. The van der Waals surface area contributed by atoms with Gasteiger partial charge in [0.25, 0.3) is 5.91 Å². The molecule has 1 atom stereocenters. The molecule has 0 aromatic carbocycles. The highest BCUT2D eigenvalue weighted by atomic mass is 16.2. The number of carbonyl (C=O) groups is 1. The number of likely N-dealkylation sites (tertiary alicyclic amines) is 1. The highest BCUT2D eigenvalue weighted by molar-refractivity contribution is 6.01. The predicted octanol–water partition coefficient (Wildman–Crippen LogP) is 1.22. The van der Waals surface area contributed by atoms with Gasteiger partial charge in [0.15, 0.2) is 5.65 Å². The molecule has 1 fully saturated rings. The maximum atomic E-state index is 12.8. The number of carbonyl (C=O) groups excluding carboxylic acids is 1. The van der Waals surface area contributed by atoms with Crippen molar-refractivity contribution < 1.29 is 4.79 Å². The molecule has 0 radical (unpaired) electrons. The lowest BCUT2D eigenvalue weighted by molar-refractivity contribution is 0.0710. The van der Waals surface area contributed by atoms with Crippen molar-refractivity contribution in [1.82, 2.24) is 19.5 Å². The number of aryl methyl sites for hydroxylation is 3. The molecule has 0 saturated carbocycles. The first-order valence-corrected chi connectivity index (χ1v) is 7.36. The van der Waals surface area contributed by atoms with Crippen molar-refractivity contribution >= 4 is 11.6 Å². The molecular formula is C15H21N5O. The first kappa shape index (κ1) is 14.0. The van der Waals surface area contributed by atoms with Crippen LogP contribution >= 0.6 is 0 Å². The molecule has 0 bridgehead atoms. The summed E-state index contributed by atoms with van der Waals surface area (Å²) in [6, 6.07) is 2.03. The fourth-order valence-electron chi connectivity index (χ4n) is 3.03. The Kier molecular flexibility index (Phi) is 3.41. The molecule has 3 rings (SSSR count). The van der Waals surface area contributed by atoms with Crippen molar-refractivity contribution in [3.8, 4) is 0 Å². The molecule has 0 spiro atoms. The average Bonchev–Trinajstić information content (AvgIpc) is 2.74. The second kappa shape index (κ2) is 5.11. The number of hydrogen-bond acceptors (Lipinski definition) is 4. The van der Waals surface area contributed by atoms with E-state index in [2.05, 4.69) is 10.1 Å². The van der Waals surface area contributed by atoms with E-state index in [1.54, 1.807) is 4.52 Å². The molecule has 0 aliphatic carbocycles. The van der Waals surface area contributed by atoms with Crippen LogP contribution in [-0.2, 0) is 0 Å². The second-order valence-corrected chi connectivity index (χ2v) is 5.89. The number of hydrogen-bond donors (Lipinski definition) is 1. The van der Waals surface area contributed by atoms with E-state index in [4.69, 9.17) is 5.73 Å². The SMILES string of the molecule is Cc1cc(C)n2nc(C)c(C(=O)N3CCCC(N)C3)c2n1. The van der Waals surface area contributed by atoms with Crippen molar-refractivity contribution in [3.63, 3.8) is 0 Å². The topological polar surface area (TPSA) is 76.5 Å². The van der Waals surface area contributed by atoms with Crippen LogP contribution in [0.25, 0.3) is 5.65 Å². The molecule has 1 aliphatic rings. The molecule has 1 saturated heterocycles. The lowest BCUT2D eigenvalue weighted by Gasteiger charge is -2.30. The molecular weight excluding hydrogens is 266 g/mol. The van der Waals surface area contributed by atoms with E-state index in [1.807, 2.05) is 31.7 Å². The Hall–Kier alpha value is -1.95. The Labute approximate surface area is 123 Å². The Morgan fingerprint density at radius 2 is 2.14 bits per heavy atom. The summed E-state index contributed by atoms with van der Waals surface area (Å²) >= 11 is 0. The Bertz CT molecular complexity index is 706. The van der Waals surface area contributed by atoms with Gasteiger partial charge in [-0.05, 0) is 39.7 Å². The van der Waals surface area contributed by atoms with Crippen LogP contribution in [0.15, 0.2) is 6.07 Å². The van der Waals surface area contributed by atoms with Gasteiger partial charge in [-0.3, -0.25) is 4.79 Å². The van der Waals surface area contributed by atoms with Crippen molar-refractivity contribution in [2.24, 2.45) is 5.73 Å². The maximum absolute atomic E-state index is 12.8. The Morgan fingerprint density at radius 3 is 2.86 bits per heavy atom. The van der Waals surface area contributed by atoms with Gasteiger partial charge in [0.2, 0.25) is 0 Å². The van der Waals surface area contributed by atoms with Crippen LogP contribution in [0.5, 0.6) is 0 Å². The number of piperidine rings is 1. The van der Waals surface area contributed by atoms with Crippen LogP contribution in [0.1, 0.15) is 40.3 Å². The van der Waals surface area contributed by atoms with E-state index in [0.717, 1.165) is 36.5 Å². The van der Waals surface area contributed by atoms with Gasteiger partial charge in [0.1, 0.15) is 5.56 Å². The van der Waals surface area contributed by atoms with Crippen molar-refractivity contribution in [1.29, 1.82) is 0 Å². The van der Waals surface area contributed by atoms with E-state index >= 15 is 0 Å². The zero-order valence-corrected chi connectivity index (χ0v) is 12.8. The summed E-state index contributed by atoms with van der Waals surface area (Å²) in [5.41, 5.74) is 9.84. The van der Waals surface area contributed by atoms with Crippen molar-refractivity contribution in [3.05, 3.63) is 28.7 Å². The smallest absolute Gasteiger partial charge is 0.259 e. The molecule has 2 N–H and O–H groups in total. The first-order valence-electron chi connectivity index (χ1n) is 7.36. The number of rotatable bonds is 1. The fraction of sp³-hybridized carbons (Fsp3) is 0.533. The predicted molar refractivity (Wildman–Crippen MR) is 80.3 cm³/mol. The number of aromatic nitrogens is 3. The van der Waals surface area contributed by atoms with E-state index in [0.29, 0.717) is 17.8 Å². The number of fused-ring (bicyclic) bond motifs is 1. The van der Waals surface area contributed by atoms with E-state index in [1.165, 1.54) is 0 Å². The van der Waals surface area contributed by atoms with Gasteiger partial charge in [-0.25, -0.2) is 9.50 Å². The summed E-state index contributed by atoms with van der Waals surface area (Å²) in [5, 5.41) is 4.46. The third kappa shape index (κ3) is 2.40. The average molecular weight is 287 g/mol. The lowest BCUT2D eigenvalue weighted by atomic mass is 10.1. The molecule has 1 unspecified atom stereocenters. The number of nitrogens with zero attached hydrogens (tertiary/aromatic N) is 4. The Morgan fingerprint density at radius 1 is 1.38 bits per heavy atom. The highest BCUT2D eigenvalue weighted by Crippen LogP contribution is 2.20. The van der Waals surface area contributed by atoms with Gasteiger partial charge in [-0.15, -0.1) is 0 Å². The molecule has 21 heavy (non-hydrogen) atoms. The largest absolute Gasteiger partial charge is 0.337 e. The molecule has 2 aromatic heterocycles. The standard InChI is InChI=1S/C15H21N5O/c1-9-7-10(2)20-14(17-9)13(11(3)18-20)15(21)19-6-4-5-12(16)8-19/h7,12H,4-6,8,16H2,1-3H3. The van der Waals surface area contributed by atoms with Gasteiger partial charge < -0.3 is 10.6 Å². The third-order valence-corrected chi connectivity index (χ3v) is 4.03. The number of amides is 1. The minimum absolute atomic E-state index is 0.00449. The molecule has 2 aromatic rings. The normalized spacial score (nSPS) is 19.2. The molecule has 6 nitrogen and oxygen atoms in total. The van der Waals surface area contributed by atoms with E-state index in [-0.39, 0.29) is 11.9 Å². The van der Waals surface area contributed by atoms with E-state index < -0.39 is 0 Å². The minimum atomic E-state index is -0.00449. The van der Waals surface area contributed by atoms with Gasteiger partial charge >= 0.3 is 0 Å². The highest BCUT2D eigenvalue weighted by Gasteiger charge is 2.27. The molecule has 112 valence electrons. The summed E-state index contributed by atoms with van der Waals surface area (Å²) in [4.78, 5) is 19.2. The van der Waals surface area contributed by atoms with Gasteiger partial charge in [0.05, 0.1) is 5.69 Å². The first-order chi connectivity index (χ1) is 9.97. The van der Waals surface area contributed by atoms with Gasteiger partial charge in [-0.2, -0.15) is 5.10 Å². The van der Waals surface area contributed by atoms with Crippen LogP contribution in [0.3, 0.4) is 0 Å². The molecule has 6 heteroatoms. The van der Waals surface area contributed by atoms with Crippen LogP contribution in [0.4, 0.5) is 0 Å². The quantitative estimate of drug-likeness (QED) is 0.855. The van der Waals surface area contributed by atoms with Crippen molar-refractivity contribution in [2.75, 3.05) is 13.1 Å². The van der Waals surface area contributed by atoms with Crippen LogP contribution < -0.4 is 5.73 Å². The molecule has 1 aliphatic heterocycles. The van der Waals surface area contributed by atoms with Gasteiger partial charge in [0, 0.05) is 30.5 Å². The Balaban J connectivity index is 2.07. The van der Waals surface area contributed by atoms with Gasteiger partial charge in [-0.1, -0.05) is 0 Å². The summed E-state index contributed by atoms with van der Waals surface area (Å²) in [6.07, 6.45) is 1.94. The lowest BCUT2D eigenvalue weighted by Crippen LogP contribution is -2.45. The second-order valence-electron chi connectivity index (χ2n) is 5.89. The van der Waals surface area contributed by atoms with Crippen LogP contribution in [0.2, 0.25) is 0 Å². The summed E-state index contributed by atoms with van der Waals surface area (Å²) in [5.74, 6) is -0.00449. The number of nitrogens with two attached hydrogens (primary N) is 1. The van der Waals surface area contributed by atoms with Crippen molar-refractivity contribution in [2.45, 2.75) is 39.7 Å². The fourth-order valence-corrected chi connectivity index (χ4v) is 3.03. The van der Waals surface area contributed by atoms with Crippen LogP contribution in [0, 0.1) is 20.8 Å². The summed E-state index contributed by atoms with van der Waals surface area (Å²) < 4.78 is 1.75. The zero-order chi connectivity index (χ0) is 15.1. The maximum Gasteiger partial charge on any atom is 0.259 e.